The summed E-state index contributed by atoms with van der Waals surface area (Å²) in [6, 6.07) is 4.86. The normalized spacial score (nSPS) is 21.3. The molecule has 3 heterocycles. The van der Waals surface area contributed by atoms with Crippen molar-refractivity contribution in [2.45, 2.75) is 25.5 Å². The molecule has 0 spiro atoms. The third kappa shape index (κ3) is 2.64. The number of pyridine rings is 1. The maximum Gasteiger partial charge on any atom is 0.354 e. The Bertz CT molecular complexity index is 687. The summed E-state index contributed by atoms with van der Waals surface area (Å²) in [7, 11) is 1.66. The summed E-state index contributed by atoms with van der Waals surface area (Å²) in [5.74, 6) is 0.948. The van der Waals surface area contributed by atoms with Crippen LogP contribution in [0.5, 0.6) is 0 Å². The minimum atomic E-state index is -1.05. The van der Waals surface area contributed by atoms with Crippen LogP contribution >= 0.6 is 0 Å². The molecule has 8 nitrogen and oxygen atoms in total. The van der Waals surface area contributed by atoms with Gasteiger partial charge in [-0.15, -0.1) is 0 Å². The lowest BCUT2D eigenvalue weighted by atomic mass is 10.2. The molecule has 116 valence electrons. The van der Waals surface area contributed by atoms with Crippen LogP contribution in [0.3, 0.4) is 0 Å². The van der Waals surface area contributed by atoms with Crippen LogP contribution in [0.1, 0.15) is 34.6 Å². The molecule has 2 aromatic heterocycles. The van der Waals surface area contributed by atoms with E-state index in [2.05, 4.69) is 20.2 Å². The number of ether oxygens (including phenoxy) is 1. The van der Waals surface area contributed by atoms with E-state index < -0.39 is 5.97 Å². The van der Waals surface area contributed by atoms with E-state index in [0.29, 0.717) is 18.2 Å². The molecule has 3 rings (SSSR count). The van der Waals surface area contributed by atoms with Gasteiger partial charge < -0.3 is 14.7 Å². The maximum absolute atomic E-state index is 11.1. The SMILES string of the molecule is CO[C@@H]1C[C@@H](c2n[nH]c(C)n2)N(c2cccc(C(=O)O)n2)C1. The molecule has 0 unspecified atom stereocenters. The summed E-state index contributed by atoms with van der Waals surface area (Å²) >= 11 is 0. The molecule has 0 bridgehead atoms. The van der Waals surface area contributed by atoms with Gasteiger partial charge in [0.25, 0.3) is 0 Å². The third-order valence-corrected chi connectivity index (χ3v) is 3.76. The van der Waals surface area contributed by atoms with Crippen LogP contribution in [0.25, 0.3) is 0 Å². The first-order valence-corrected chi connectivity index (χ1v) is 6.97. The van der Waals surface area contributed by atoms with Gasteiger partial charge in [0, 0.05) is 20.1 Å². The van der Waals surface area contributed by atoms with Crippen molar-refractivity contribution in [1.82, 2.24) is 20.2 Å². The van der Waals surface area contributed by atoms with Crippen LogP contribution in [0.15, 0.2) is 18.2 Å². The predicted molar refractivity (Wildman–Crippen MR) is 77.8 cm³/mol. The average molecular weight is 303 g/mol. The Kier molecular flexibility index (Phi) is 3.76. The van der Waals surface area contributed by atoms with E-state index in [1.54, 1.807) is 19.2 Å². The minimum Gasteiger partial charge on any atom is -0.477 e. The second-order valence-electron chi connectivity index (χ2n) is 5.23. The molecule has 22 heavy (non-hydrogen) atoms. The molecule has 0 radical (unpaired) electrons. The first kappa shape index (κ1) is 14.5. The van der Waals surface area contributed by atoms with Crippen molar-refractivity contribution < 1.29 is 14.6 Å². The Morgan fingerprint density at radius 2 is 2.27 bits per heavy atom. The maximum atomic E-state index is 11.1. The number of H-pyrrole nitrogens is 1. The first-order valence-electron chi connectivity index (χ1n) is 6.97. The largest absolute Gasteiger partial charge is 0.477 e. The van der Waals surface area contributed by atoms with Gasteiger partial charge in [0.2, 0.25) is 0 Å². The number of carbonyl (C=O) groups is 1. The minimum absolute atomic E-state index is 0.0169. The number of anilines is 1. The fraction of sp³-hybridized carbons (Fsp3) is 0.429. The Hall–Kier alpha value is -2.48. The molecule has 1 aliphatic heterocycles. The number of hydrogen-bond acceptors (Lipinski definition) is 6. The van der Waals surface area contributed by atoms with Gasteiger partial charge in [-0.1, -0.05) is 6.07 Å². The Morgan fingerprint density at radius 1 is 1.45 bits per heavy atom. The van der Waals surface area contributed by atoms with Crippen molar-refractivity contribution in [3.8, 4) is 0 Å². The van der Waals surface area contributed by atoms with Crippen LogP contribution < -0.4 is 4.90 Å². The van der Waals surface area contributed by atoms with Crippen molar-refractivity contribution in [3.63, 3.8) is 0 Å². The van der Waals surface area contributed by atoms with E-state index in [1.807, 2.05) is 11.8 Å². The van der Waals surface area contributed by atoms with Crippen LogP contribution in [-0.2, 0) is 4.74 Å². The number of aromatic carboxylic acids is 1. The van der Waals surface area contributed by atoms with Crippen LogP contribution in [0.4, 0.5) is 5.82 Å². The lowest BCUT2D eigenvalue weighted by molar-refractivity contribution is 0.0690. The highest BCUT2D eigenvalue weighted by Crippen LogP contribution is 2.34. The summed E-state index contributed by atoms with van der Waals surface area (Å²) in [6.07, 6.45) is 0.756. The third-order valence-electron chi connectivity index (χ3n) is 3.76. The molecule has 1 fully saturated rings. The number of aromatic amines is 1. The second-order valence-corrected chi connectivity index (χ2v) is 5.23. The smallest absolute Gasteiger partial charge is 0.354 e. The fourth-order valence-electron chi connectivity index (χ4n) is 2.68. The molecule has 1 aliphatic rings. The number of rotatable bonds is 4. The number of nitrogens with zero attached hydrogens (tertiary/aromatic N) is 4. The average Bonchev–Trinajstić information content (AvgIpc) is 3.13. The van der Waals surface area contributed by atoms with Crippen molar-refractivity contribution in [2.24, 2.45) is 0 Å². The van der Waals surface area contributed by atoms with Crippen molar-refractivity contribution in [2.75, 3.05) is 18.6 Å². The van der Waals surface area contributed by atoms with Gasteiger partial charge in [0.15, 0.2) is 11.5 Å². The van der Waals surface area contributed by atoms with E-state index in [4.69, 9.17) is 9.84 Å². The molecule has 2 atom stereocenters. The zero-order chi connectivity index (χ0) is 15.7. The molecule has 0 aliphatic carbocycles. The van der Waals surface area contributed by atoms with Gasteiger partial charge in [-0.05, 0) is 19.1 Å². The lowest BCUT2D eigenvalue weighted by Gasteiger charge is -2.23. The first-order chi connectivity index (χ1) is 10.6. The van der Waals surface area contributed by atoms with Crippen molar-refractivity contribution in [3.05, 3.63) is 35.5 Å². The number of aromatic nitrogens is 4. The quantitative estimate of drug-likeness (QED) is 0.873. The molecule has 8 heteroatoms. The standard InChI is InChI=1S/C14H17N5O3/c1-8-15-13(18-17-8)11-6-9(22-2)7-19(11)12-5-3-4-10(16-12)14(20)21/h3-5,9,11H,6-7H2,1-2H3,(H,20,21)(H,15,17,18)/t9-,11+/m1/s1. The summed E-state index contributed by atoms with van der Waals surface area (Å²) < 4.78 is 5.45. The Balaban J connectivity index is 1.95. The molecular formula is C14H17N5O3. The van der Waals surface area contributed by atoms with Crippen molar-refractivity contribution in [1.29, 1.82) is 0 Å². The summed E-state index contributed by atoms with van der Waals surface area (Å²) in [5.41, 5.74) is 0.0169. The molecular weight excluding hydrogens is 286 g/mol. The number of methoxy groups -OCH3 is 1. The highest BCUT2D eigenvalue weighted by Gasteiger charge is 2.36. The summed E-state index contributed by atoms with van der Waals surface area (Å²) in [6.45, 7) is 2.46. The van der Waals surface area contributed by atoms with Gasteiger partial charge in [-0.3, -0.25) is 5.10 Å². The van der Waals surface area contributed by atoms with Gasteiger partial charge in [0.05, 0.1) is 12.1 Å². The number of aryl methyl sites for hydroxylation is 1. The van der Waals surface area contributed by atoms with Crippen LogP contribution in [0, 0.1) is 6.92 Å². The van der Waals surface area contributed by atoms with E-state index in [1.165, 1.54) is 6.07 Å². The van der Waals surface area contributed by atoms with E-state index >= 15 is 0 Å². The van der Waals surface area contributed by atoms with Gasteiger partial charge in [-0.2, -0.15) is 5.10 Å². The lowest BCUT2D eigenvalue weighted by Crippen LogP contribution is -2.26. The van der Waals surface area contributed by atoms with E-state index in [-0.39, 0.29) is 17.8 Å². The second kappa shape index (κ2) is 5.72. The Morgan fingerprint density at radius 3 is 2.91 bits per heavy atom. The zero-order valence-electron chi connectivity index (χ0n) is 12.4. The van der Waals surface area contributed by atoms with E-state index in [9.17, 15) is 4.79 Å². The highest BCUT2D eigenvalue weighted by atomic mass is 16.5. The number of carboxylic acid groups (broad SMARTS) is 1. The van der Waals surface area contributed by atoms with Crippen molar-refractivity contribution >= 4 is 11.8 Å². The Labute approximate surface area is 127 Å². The summed E-state index contributed by atoms with van der Waals surface area (Å²) in [4.78, 5) is 21.7. The fourth-order valence-corrected chi connectivity index (χ4v) is 2.68. The van der Waals surface area contributed by atoms with Gasteiger partial charge in [0.1, 0.15) is 11.6 Å². The molecule has 1 saturated heterocycles. The monoisotopic (exact) mass is 303 g/mol. The van der Waals surface area contributed by atoms with E-state index in [0.717, 1.165) is 12.2 Å². The number of nitrogens with one attached hydrogen (secondary N) is 1. The highest BCUT2D eigenvalue weighted by molar-refractivity contribution is 5.85. The molecule has 2 aromatic rings. The number of hydrogen-bond donors (Lipinski definition) is 2. The van der Waals surface area contributed by atoms with Crippen LogP contribution in [-0.4, -0.2) is 51.0 Å². The topological polar surface area (TPSA) is 104 Å². The number of carboxylic acids is 1. The summed E-state index contributed by atoms with van der Waals surface area (Å²) in [5, 5.41) is 16.2. The molecule has 0 saturated carbocycles. The van der Waals surface area contributed by atoms with Crippen LogP contribution in [0.2, 0.25) is 0 Å². The molecule has 2 N–H and O–H groups in total. The zero-order valence-corrected chi connectivity index (χ0v) is 12.4. The molecule has 0 aromatic carbocycles. The van der Waals surface area contributed by atoms with Gasteiger partial charge >= 0.3 is 5.97 Å². The molecule has 0 amide bonds. The van der Waals surface area contributed by atoms with Gasteiger partial charge in [-0.25, -0.2) is 14.8 Å². The predicted octanol–water partition coefficient (Wildman–Crippen LogP) is 1.17.